The van der Waals surface area contributed by atoms with Crippen LogP contribution in [0, 0.1) is 5.92 Å². The lowest BCUT2D eigenvalue weighted by Gasteiger charge is -2.16. The Hall–Kier alpha value is -1.22. The zero-order valence-electron chi connectivity index (χ0n) is 11.2. The Kier molecular flexibility index (Phi) is 5.29. The first kappa shape index (κ1) is 13.8. The van der Waals surface area contributed by atoms with Gasteiger partial charge in [0.2, 0.25) is 0 Å². The van der Waals surface area contributed by atoms with Crippen LogP contribution in [0.4, 0.5) is 0 Å². The molecule has 0 spiro atoms. The summed E-state index contributed by atoms with van der Waals surface area (Å²) in [4.78, 5) is 0. The fourth-order valence-corrected chi connectivity index (χ4v) is 2.01. The molecule has 1 aromatic carbocycles. The maximum absolute atomic E-state index is 6.13. The Bertz CT molecular complexity index is 350. The molecule has 0 heterocycles. The lowest BCUT2D eigenvalue weighted by molar-refractivity contribution is 0.395. The largest absolute Gasteiger partial charge is 0.497 e. The molecule has 0 amide bonds. The first-order chi connectivity index (χ1) is 8.06. The number of benzene rings is 1. The number of ether oxygens (including phenoxy) is 2. The number of hydrogen-bond acceptors (Lipinski definition) is 3. The zero-order valence-corrected chi connectivity index (χ0v) is 11.2. The van der Waals surface area contributed by atoms with Gasteiger partial charge in [0.25, 0.3) is 0 Å². The molecule has 17 heavy (non-hydrogen) atoms. The summed E-state index contributed by atoms with van der Waals surface area (Å²) in [6.07, 6.45) is 1.83. The van der Waals surface area contributed by atoms with Crippen LogP contribution < -0.4 is 15.2 Å². The maximum Gasteiger partial charge on any atom is 0.122 e. The van der Waals surface area contributed by atoms with Gasteiger partial charge in [-0.2, -0.15) is 0 Å². The predicted octanol–water partition coefficient (Wildman–Crippen LogP) is 2.62. The molecule has 3 heteroatoms. The Morgan fingerprint density at radius 2 is 1.88 bits per heavy atom. The summed E-state index contributed by atoms with van der Waals surface area (Å²) < 4.78 is 10.6. The molecular formula is C14H23NO2. The van der Waals surface area contributed by atoms with E-state index in [0.29, 0.717) is 5.92 Å². The van der Waals surface area contributed by atoms with E-state index in [1.807, 2.05) is 18.2 Å². The van der Waals surface area contributed by atoms with Gasteiger partial charge in [0, 0.05) is 6.04 Å². The van der Waals surface area contributed by atoms with Crippen LogP contribution >= 0.6 is 0 Å². The highest BCUT2D eigenvalue weighted by Gasteiger charge is 2.11. The van der Waals surface area contributed by atoms with E-state index in [1.165, 1.54) is 0 Å². The summed E-state index contributed by atoms with van der Waals surface area (Å²) in [5, 5.41) is 0. The first-order valence-electron chi connectivity index (χ1n) is 6.03. The third kappa shape index (κ3) is 4.27. The minimum absolute atomic E-state index is 0.163. The molecule has 0 aliphatic heterocycles. The van der Waals surface area contributed by atoms with Gasteiger partial charge in [0.1, 0.15) is 11.5 Å². The third-order valence-electron chi connectivity index (χ3n) is 2.74. The SMILES string of the molecule is COc1ccc(OC)c(CC(N)CC(C)C)c1. The highest BCUT2D eigenvalue weighted by atomic mass is 16.5. The zero-order chi connectivity index (χ0) is 12.8. The van der Waals surface area contributed by atoms with E-state index in [-0.39, 0.29) is 6.04 Å². The van der Waals surface area contributed by atoms with E-state index < -0.39 is 0 Å². The van der Waals surface area contributed by atoms with Crippen molar-refractivity contribution in [2.45, 2.75) is 32.7 Å². The predicted molar refractivity (Wildman–Crippen MR) is 70.7 cm³/mol. The molecule has 0 saturated heterocycles. The van der Waals surface area contributed by atoms with Gasteiger partial charge < -0.3 is 15.2 Å². The van der Waals surface area contributed by atoms with E-state index in [1.54, 1.807) is 14.2 Å². The van der Waals surface area contributed by atoms with Crippen LogP contribution in [0.5, 0.6) is 11.5 Å². The number of nitrogens with two attached hydrogens (primary N) is 1. The molecule has 0 aliphatic rings. The second-order valence-corrected chi connectivity index (χ2v) is 4.77. The van der Waals surface area contributed by atoms with Crippen molar-refractivity contribution >= 4 is 0 Å². The summed E-state index contributed by atoms with van der Waals surface area (Å²) in [7, 11) is 3.35. The van der Waals surface area contributed by atoms with Crippen molar-refractivity contribution in [2.24, 2.45) is 11.7 Å². The van der Waals surface area contributed by atoms with Gasteiger partial charge >= 0.3 is 0 Å². The second-order valence-electron chi connectivity index (χ2n) is 4.77. The molecule has 1 atom stereocenters. The van der Waals surface area contributed by atoms with Gasteiger partial charge in [-0.25, -0.2) is 0 Å². The third-order valence-corrected chi connectivity index (χ3v) is 2.74. The van der Waals surface area contributed by atoms with Crippen LogP contribution in [0.2, 0.25) is 0 Å². The molecule has 0 saturated carbocycles. The Morgan fingerprint density at radius 3 is 2.41 bits per heavy atom. The standard InChI is InChI=1S/C14H23NO2/c1-10(2)7-12(15)8-11-9-13(16-3)5-6-14(11)17-4/h5-6,9-10,12H,7-8,15H2,1-4H3. The Labute approximate surface area is 104 Å². The van der Waals surface area contributed by atoms with Crippen molar-refractivity contribution < 1.29 is 9.47 Å². The van der Waals surface area contributed by atoms with Gasteiger partial charge in [-0.05, 0) is 42.5 Å². The van der Waals surface area contributed by atoms with E-state index in [4.69, 9.17) is 15.2 Å². The van der Waals surface area contributed by atoms with Gasteiger partial charge in [-0.3, -0.25) is 0 Å². The summed E-state index contributed by atoms with van der Waals surface area (Å²) in [5.74, 6) is 2.34. The van der Waals surface area contributed by atoms with Crippen molar-refractivity contribution in [1.82, 2.24) is 0 Å². The molecule has 1 rings (SSSR count). The van der Waals surface area contributed by atoms with Crippen molar-refractivity contribution in [2.75, 3.05) is 14.2 Å². The quantitative estimate of drug-likeness (QED) is 0.827. The Morgan fingerprint density at radius 1 is 1.18 bits per heavy atom. The monoisotopic (exact) mass is 237 g/mol. The van der Waals surface area contributed by atoms with Crippen LogP contribution in [0.1, 0.15) is 25.8 Å². The lowest BCUT2D eigenvalue weighted by atomic mass is 9.97. The van der Waals surface area contributed by atoms with Crippen molar-refractivity contribution in [3.63, 3.8) is 0 Å². The van der Waals surface area contributed by atoms with Gasteiger partial charge in [0.15, 0.2) is 0 Å². The number of hydrogen-bond donors (Lipinski definition) is 1. The summed E-state index contributed by atoms with van der Waals surface area (Å²) >= 11 is 0. The second kappa shape index (κ2) is 6.50. The highest BCUT2D eigenvalue weighted by Crippen LogP contribution is 2.25. The lowest BCUT2D eigenvalue weighted by Crippen LogP contribution is -2.24. The van der Waals surface area contributed by atoms with Crippen LogP contribution in [0.25, 0.3) is 0 Å². The van der Waals surface area contributed by atoms with Crippen LogP contribution in [-0.2, 0) is 6.42 Å². The van der Waals surface area contributed by atoms with Gasteiger partial charge in [0.05, 0.1) is 14.2 Å². The molecule has 0 bridgehead atoms. The van der Waals surface area contributed by atoms with Crippen molar-refractivity contribution in [1.29, 1.82) is 0 Å². The maximum atomic E-state index is 6.13. The number of rotatable bonds is 6. The summed E-state index contributed by atoms with van der Waals surface area (Å²) in [5.41, 5.74) is 7.24. The molecule has 0 aromatic heterocycles. The average Bonchev–Trinajstić information content (AvgIpc) is 2.27. The summed E-state index contributed by atoms with van der Waals surface area (Å²) in [6, 6.07) is 5.99. The molecule has 2 N–H and O–H groups in total. The molecule has 1 aromatic rings. The average molecular weight is 237 g/mol. The molecule has 1 unspecified atom stereocenters. The normalized spacial score (nSPS) is 12.6. The molecule has 96 valence electrons. The fourth-order valence-electron chi connectivity index (χ4n) is 2.01. The van der Waals surface area contributed by atoms with Crippen LogP contribution in [-0.4, -0.2) is 20.3 Å². The van der Waals surface area contributed by atoms with Gasteiger partial charge in [-0.15, -0.1) is 0 Å². The van der Waals surface area contributed by atoms with Crippen LogP contribution in [0.3, 0.4) is 0 Å². The van der Waals surface area contributed by atoms with E-state index in [9.17, 15) is 0 Å². The summed E-state index contributed by atoms with van der Waals surface area (Å²) in [6.45, 7) is 4.37. The molecule has 0 radical (unpaired) electrons. The highest BCUT2D eigenvalue weighted by molar-refractivity contribution is 5.40. The van der Waals surface area contributed by atoms with Crippen LogP contribution in [0.15, 0.2) is 18.2 Å². The molecular weight excluding hydrogens is 214 g/mol. The smallest absolute Gasteiger partial charge is 0.122 e. The fraction of sp³-hybridized carbons (Fsp3) is 0.571. The Balaban J connectivity index is 2.80. The van der Waals surface area contributed by atoms with E-state index in [2.05, 4.69) is 13.8 Å². The first-order valence-corrected chi connectivity index (χ1v) is 6.03. The topological polar surface area (TPSA) is 44.5 Å². The molecule has 0 aliphatic carbocycles. The molecule has 0 fully saturated rings. The van der Waals surface area contributed by atoms with Crippen molar-refractivity contribution in [3.8, 4) is 11.5 Å². The number of methoxy groups -OCH3 is 2. The van der Waals surface area contributed by atoms with E-state index in [0.717, 1.165) is 29.9 Å². The van der Waals surface area contributed by atoms with Crippen molar-refractivity contribution in [3.05, 3.63) is 23.8 Å². The minimum atomic E-state index is 0.163. The van der Waals surface area contributed by atoms with Gasteiger partial charge in [-0.1, -0.05) is 13.8 Å². The van der Waals surface area contributed by atoms with E-state index >= 15 is 0 Å². The minimum Gasteiger partial charge on any atom is -0.497 e. The molecule has 3 nitrogen and oxygen atoms in total.